The standard InChI is InChI=1S/C19H22N4O3/c1-14-15(2)21-23(19(25)17(14)11-20)13-18(24)22(9-10-26-3)12-16-7-5-4-6-8-16/h4-8H,9-10,12-13H2,1-3H3. The minimum Gasteiger partial charge on any atom is -0.383 e. The van der Waals surface area contributed by atoms with Crippen LogP contribution in [0.2, 0.25) is 0 Å². The highest BCUT2D eigenvalue weighted by molar-refractivity contribution is 5.76. The third kappa shape index (κ3) is 4.55. The summed E-state index contributed by atoms with van der Waals surface area (Å²) >= 11 is 0. The van der Waals surface area contributed by atoms with Crippen molar-refractivity contribution in [3.8, 4) is 6.07 Å². The average molecular weight is 354 g/mol. The Labute approximate surface area is 152 Å². The molecule has 1 aromatic carbocycles. The fraction of sp³-hybridized carbons (Fsp3) is 0.368. The Kier molecular flexibility index (Phi) is 6.64. The molecule has 0 saturated carbocycles. The van der Waals surface area contributed by atoms with Crippen LogP contribution in [0.3, 0.4) is 0 Å². The molecule has 0 saturated heterocycles. The second-order valence-corrected chi connectivity index (χ2v) is 5.95. The number of carbonyl (C=O) groups is 1. The highest BCUT2D eigenvalue weighted by Crippen LogP contribution is 2.07. The van der Waals surface area contributed by atoms with Crippen molar-refractivity contribution in [2.24, 2.45) is 0 Å². The van der Waals surface area contributed by atoms with E-state index < -0.39 is 5.56 Å². The summed E-state index contributed by atoms with van der Waals surface area (Å²) in [6.07, 6.45) is 0. The van der Waals surface area contributed by atoms with Crippen LogP contribution in [0, 0.1) is 25.2 Å². The molecule has 0 aliphatic carbocycles. The molecule has 26 heavy (non-hydrogen) atoms. The van der Waals surface area contributed by atoms with Crippen LogP contribution in [0.5, 0.6) is 0 Å². The van der Waals surface area contributed by atoms with E-state index in [1.54, 1.807) is 25.9 Å². The van der Waals surface area contributed by atoms with Crippen molar-refractivity contribution in [3.63, 3.8) is 0 Å². The number of aromatic nitrogens is 2. The molecule has 7 heteroatoms. The Bertz CT molecular complexity index is 869. The zero-order valence-electron chi connectivity index (χ0n) is 15.2. The van der Waals surface area contributed by atoms with Gasteiger partial charge in [-0.3, -0.25) is 9.59 Å². The van der Waals surface area contributed by atoms with Crippen molar-refractivity contribution in [1.29, 1.82) is 5.26 Å². The number of nitrogens with zero attached hydrogens (tertiary/aromatic N) is 4. The molecule has 1 heterocycles. The fourth-order valence-electron chi connectivity index (χ4n) is 2.54. The maximum atomic E-state index is 12.8. The number of carbonyl (C=O) groups excluding carboxylic acids is 1. The zero-order chi connectivity index (χ0) is 19.1. The molecule has 2 rings (SSSR count). The summed E-state index contributed by atoms with van der Waals surface area (Å²) in [5.41, 5.74) is 1.56. The minimum absolute atomic E-state index is 0.0248. The predicted octanol–water partition coefficient (Wildman–Crippen LogP) is 1.41. The van der Waals surface area contributed by atoms with Gasteiger partial charge in [0, 0.05) is 20.2 Å². The van der Waals surface area contributed by atoms with E-state index in [2.05, 4.69) is 5.10 Å². The monoisotopic (exact) mass is 354 g/mol. The van der Waals surface area contributed by atoms with Gasteiger partial charge in [-0.2, -0.15) is 10.4 Å². The lowest BCUT2D eigenvalue weighted by Gasteiger charge is -2.23. The molecule has 0 spiro atoms. The zero-order valence-corrected chi connectivity index (χ0v) is 15.2. The Morgan fingerprint density at radius 3 is 2.62 bits per heavy atom. The highest BCUT2D eigenvalue weighted by atomic mass is 16.5. The van der Waals surface area contributed by atoms with Crippen LogP contribution in [-0.4, -0.2) is 40.8 Å². The van der Waals surface area contributed by atoms with Gasteiger partial charge in [0.2, 0.25) is 5.91 Å². The van der Waals surface area contributed by atoms with E-state index in [-0.39, 0.29) is 18.0 Å². The fourth-order valence-corrected chi connectivity index (χ4v) is 2.54. The molecular weight excluding hydrogens is 332 g/mol. The number of nitriles is 1. The lowest BCUT2D eigenvalue weighted by atomic mass is 10.1. The van der Waals surface area contributed by atoms with Gasteiger partial charge in [-0.1, -0.05) is 30.3 Å². The molecule has 0 aliphatic rings. The van der Waals surface area contributed by atoms with E-state index in [1.165, 1.54) is 0 Å². The van der Waals surface area contributed by atoms with Gasteiger partial charge in [0.1, 0.15) is 18.2 Å². The van der Waals surface area contributed by atoms with Crippen molar-refractivity contribution in [3.05, 3.63) is 63.1 Å². The second kappa shape index (κ2) is 8.92. The van der Waals surface area contributed by atoms with Gasteiger partial charge in [-0.25, -0.2) is 4.68 Å². The maximum Gasteiger partial charge on any atom is 0.285 e. The Balaban J connectivity index is 2.25. The van der Waals surface area contributed by atoms with Crippen molar-refractivity contribution in [2.45, 2.75) is 26.9 Å². The molecule has 0 unspecified atom stereocenters. The maximum absolute atomic E-state index is 12.8. The number of ether oxygens (including phenoxy) is 1. The summed E-state index contributed by atoms with van der Waals surface area (Å²) in [6.45, 7) is 4.36. The first-order valence-corrected chi connectivity index (χ1v) is 8.27. The molecule has 0 bridgehead atoms. The first kappa shape index (κ1) is 19.3. The van der Waals surface area contributed by atoms with Crippen LogP contribution in [0.4, 0.5) is 0 Å². The van der Waals surface area contributed by atoms with E-state index >= 15 is 0 Å². The molecule has 7 nitrogen and oxygen atoms in total. The molecule has 0 radical (unpaired) electrons. The summed E-state index contributed by atoms with van der Waals surface area (Å²) in [6, 6.07) is 11.5. The van der Waals surface area contributed by atoms with Crippen LogP contribution >= 0.6 is 0 Å². The highest BCUT2D eigenvalue weighted by Gasteiger charge is 2.18. The molecule has 1 amide bonds. The van der Waals surface area contributed by atoms with Gasteiger partial charge in [-0.05, 0) is 25.0 Å². The quantitative estimate of drug-likeness (QED) is 0.750. The van der Waals surface area contributed by atoms with E-state index in [0.29, 0.717) is 31.0 Å². The Morgan fingerprint density at radius 1 is 1.31 bits per heavy atom. The number of hydrogen-bond donors (Lipinski definition) is 0. The van der Waals surface area contributed by atoms with Crippen LogP contribution in [-0.2, 0) is 22.6 Å². The van der Waals surface area contributed by atoms with E-state index in [1.807, 2.05) is 36.4 Å². The average Bonchev–Trinajstić information content (AvgIpc) is 2.64. The molecule has 0 N–H and O–H groups in total. The molecule has 0 aliphatic heterocycles. The molecule has 136 valence electrons. The molecule has 1 aromatic heterocycles. The smallest absolute Gasteiger partial charge is 0.285 e. The van der Waals surface area contributed by atoms with Crippen molar-refractivity contribution < 1.29 is 9.53 Å². The Hall–Kier alpha value is -2.98. The lowest BCUT2D eigenvalue weighted by Crippen LogP contribution is -2.39. The number of methoxy groups -OCH3 is 1. The summed E-state index contributed by atoms with van der Waals surface area (Å²) in [7, 11) is 1.57. The third-order valence-corrected chi connectivity index (χ3v) is 4.17. The topological polar surface area (TPSA) is 88.2 Å². The molecular formula is C19H22N4O3. The number of amides is 1. The van der Waals surface area contributed by atoms with E-state index in [0.717, 1.165) is 10.2 Å². The number of benzene rings is 1. The SMILES string of the molecule is COCCN(Cc1ccccc1)C(=O)Cn1nc(C)c(C)c(C#N)c1=O. The first-order chi connectivity index (χ1) is 12.5. The van der Waals surface area contributed by atoms with Gasteiger partial charge in [0.05, 0.1) is 12.3 Å². The lowest BCUT2D eigenvalue weighted by molar-refractivity contribution is -0.133. The third-order valence-electron chi connectivity index (χ3n) is 4.17. The first-order valence-electron chi connectivity index (χ1n) is 8.27. The predicted molar refractivity (Wildman–Crippen MR) is 96.4 cm³/mol. The van der Waals surface area contributed by atoms with Gasteiger partial charge >= 0.3 is 0 Å². The summed E-state index contributed by atoms with van der Waals surface area (Å²) < 4.78 is 6.15. The molecule has 0 fully saturated rings. The van der Waals surface area contributed by atoms with Crippen LogP contribution in [0.15, 0.2) is 35.1 Å². The van der Waals surface area contributed by atoms with Gasteiger partial charge < -0.3 is 9.64 Å². The number of rotatable bonds is 7. The van der Waals surface area contributed by atoms with Crippen LogP contribution < -0.4 is 5.56 Å². The number of aryl methyl sites for hydroxylation is 1. The van der Waals surface area contributed by atoms with Gasteiger partial charge in [0.25, 0.3) is 5.56 Å². The molecule has 2 aromatic rings. The minimum atomic E-state index is -0.546. The van der Waals surface area contributed by atoms with Crippen LogP contribution in [0.1, 0.15) is 22.4 Å². The van der Waals surface area contributed by atoms with Crippen LogP contribution in [0.25, 0.3) is 0 Å². The molecule has 0 atom stereocenters. The Morgan fingerprint density at radius 2 is 2.00 bits per heavy atom. The van der Waals surface area contributed by atoms with E-state index in [4.69, 9.17) is 4.74 Å². The second-order valence-electron chi connectivity index (χ2n) is 5.95. The largest absolute Gasteiger partial charge is 0.383 e. The summed E-state index contributed by atoms with van der Waals surface area (Å²) in [5, 5.41) is 13.4. The normalized spacial score (nSPS) is 10.4. The summed E-state index contributed by atoms with van der Waals surface area (Å²) in [5.74, 6) is -0.257. The van der Waals surface area contributed by atoms with Gasteiger partial charge in [-0.15, -0.1) is 0 Å². The summed E-state index contributed by atoms with van der Waals surface area (Å²) in [4.78, 5) is 26.8. The van der Waals surface area contributed by atoms with Gasteiger partial charge in [0.15, 0.2) is 0 Å². The van der Waals surface area contributed by atoms with Crippen molar-refractivity contribution in [2.75, 3.05) is 20.3 Å². The van der Waals surface area contributed by atoms with Crippen molar-refractivity contribution in [1.82, 2.24) is 14.7 Å². The van der Waals surface area contributed by atoms with Crippen molar-refractivity contribution >= 4 is 5.91 Å². The number of hydrogen-bond acceptors (Lipinski definition) is 5. The van der Waals surface area contributed by atoms with E-state index in [9.17, 15) is 14.9 Å².